The van der Waals surface area contributed by atoms with Gasteiger partial charge < -0.3 is 9.84 Å². The number of hydrogen-bond acceptors (Lipinski definition) is 2. The second-order valence-corrected chi connectivity index (χ2v) is 4.25. The van der Waals surface area contributed by atoms with E-state index in [2.05, 4.69) is 0 Å². The molecule has 0 atom stereocenters. The van der Waals surface area contributed by atoms with Crippen LogP contribution in [0.25, 0.3) is 0 Å². The Labute approximate surface area is 89.7 Å². The number of benzene rings is 1. The van der Waals surface area contributed by atoms with Gasteiger partial charge in [0.15, 0.2) is 0 Å². The second kappa shape index (κ2) is 3.81. The van der Waals surface area contributed by atoms with Gasteiger partial charge in [-0.2, -0.15) is 0 Å². The van der Waals surface area contributed by atoms with Crippen LogP contribution < -0.4 is 4.74 Å². The molecule has 15 heavy (non-hydrogen) atoms. The van der Waals surface area contributed by atoms with Crippen LogP contribution in [-0.4, -0.2) is 12.2 Å². The summed E-state index contributed by atoms with van der Waals surface area (Å²) in [6, 6.07) is 1.37. The summed E-state index contributed by atoms with van der Waals surface area (Å²) in [7, 11) is 1.50. The maximum Gasteiger partial charge on any atom is 0.130 e. The lowest BCUT2D eigenvalue weighted by Gasteiger charge is -2.23. The molecule has 0 bridgehead atoms. The molecule has 0 aliphatic rings. The van der Waals surface area contributed by atoms with E-state index < -0.39 is 5.60 Å². The Kier molecular flexibility index (Phi) is 3.05. The SMILES string of the molecule is COc1c(C)c(F)cc(C(C)(C)O)c1C. The Morgan fingerprint density at radius 3 is 2.20 bits per heavy atom. The summed E-state index contributed by atoms with van der Waals surface area (Å²) >= 11 is 0. The van der Waals surface area contributed by atoms with E-state index in [0.717, 1.165) is 5.56 Å². The fourth-order valence-electron chi connectivity index (χ4n) is 1.80. The minimum atomic E-state index is -1.06. The fourth-order valence-corrected chi connectivity index (χ4v) is 1.80. The summed E-state index contributed by atoms with van der Waals surface area (Å²) < 4.78 is 18.7. The van der Waals surface area contributed by atoms with Crippen LogP contribution in [0, 0.1) is 19.7 Å². The predicted molar refractivity (Wildman–Crippen MR) is 57.7 cm³/mol. The van der Waals surface area contributed by atoms with Crippen LogP contribution in [0.3, 0.4) is 0 Å². The van der Waals surface area contributed by atoms with Crippen molar-refractivity contribution in [2.24, 2.45) is 0 Å². The van der Waals surface area contributed by atoms with Crippen LogP contribution in [0.1, 0.15) is 30.5 Å². The maximum atomic E-state index is 13.5. The van der Waals surface area contributed by atoms with Crippen LogP contribution in [0.2, 0.25) is 0 Å². The lowest BCUT2D eigenvalue weighted by molar-refractivity contribution is 0.0772. The first kappa shape index (κ1) is 12.0. The van der Waals surface area contributed by atoms with Crippen LogP contribution in [0.4, 0.5) is 4.39 Å². The topological polar surface area (TPSA) is 29.5 Å². The van der Waals surface area contributed by atoms with Crippen molar-refractivity contribution in [2.75, 3.05) is 7.11 Å². The summed E-state index contributed by atoms with van der Waals surface area (Å²) in [6.45, 7) is 6.74. The summed E-state index contributed by atoms with van der Waals surface area (Å²) in [4.78, 5) is 0. The van der Waals surface area contributed by atoms with E-state index in [9.17, 15) is 9.50 Å². The minimum absolute atomic E-state index is 0.352. The zero-order valence-corrected chi connectivity index (χ0v) is 9.81. The van der Waals surface area contributed by atoms with Gasteiger partial charge in [0.05, 0.1) is 12.7 Å². The first-order valence-electron chi connectivity index (χ1n) is 4.85. The number of hydrogen-bond donors (Lipinski definition) is 1. The van der Waals surface area contributed by atoms with E-state index >= 15 is 0 Å². The van der Waals surface area contributed by atoms with Crippen LogP contribution >= 0.6 is 0 Å². The molecular formula is C12H17FO2. The molecule has 0 aliphatic carbocycles. The third kappa shape index (κ3) is 2.12. The smallest absolute Gasteiger partial charge is 0.130 e. The summed E-state index contributed by atoms with van der Waals surface area (Å²) in [6.07, 6.45) is 0. The van der Waals surface area contributed by atoms with Gasteiger partial charge in [0.25, 0.3) is 0 Å². The monoisotopic (exact) mass is 212 g/mol. The van der Waals surface area contributed by atoms with Crippen LogP contribution in [0.15, 0.2) is 6.07 Å². The van der Waals surface area contributed by atoms with E-state index in [4.69, 9.17) is 4.74 Å². The molecule has 0 heterocycles. The van der Waals surface area contributed by atoms with E-state index in [1.54, 1.807) is 20.8 Å². The highest BCUT2D eigenvalue weighted by atomic mass is 19.1. The summed E-state index contributed by atoms with van der Waals surface area (Å²) in [5.74, 6) is 0.154. The van der Waals surface area contributed by atoms with E-state index in [1.807, 2.05) is 6.92 Å². The molecule has 0 aromatic heterocycles. The number of methoxy groups -OCH3 is 1. The van der Waals surface area contributed by atoms with Crippen molar-refractivity contribution in [1.29, 1.82) is 0 Å². The minimum Gasteiger partial charge on any atom is -0.496 e. The molecule has 0 unspecified atom stereocenters. The largest absolute Gasteiger partial charge is 0.496 e. The molecule has 0 saturated carbocycles. The highest BCUT2D eigenvalue weighted by Gasteiger charge is 2.23. The van der Waals surface area contributed by atoms with Gasteiger partial charge in [0, 0.05) is 5.56 Å². The Morgan fingerprint density at radius 1 is 1.27 bits per heavy atom. The van der Waals surface area contributed by atoms with Crippen molar-refractivity contribution in [1.82, 2.24) is 0 Å². The maximum absolute atomic E-state index is 13.5. The molecular weight excluding hydrogens is 195 g/mol. The standard InChI is InChI=1S/C12H17FO2/c1-7-9(12(3,4)14)6-10(13)8(2)11(7)15-5/h6,14H,1-5H3. The van der Waals surface area contributed by atoms with Crippen molar-refractivity contribution in [3.05, 3.63) is 28.6 Å². The molecule has 3 heteroatoms. The Hall–Kier alpha value is -1.09. The molecule has 2 nitrogen and oxygen atoms in total. The Bertz CT molecular complexity index is 378. The molecule has 1 aromatic carbocycles. The Balaban J connectivity index is 3.51. The number of aliphatic hydroxyl groups is 1. The summed E-state index contributed by atoms with van der Waals surface area (Å²) in [5, 5.41) is 9.88. The zero-order chi connectivity index (χ0) is 11.8. The highest BCUT2D eigenvalue weighted by Crippen LogP contribution is 2.33. The normalized spacial score (nSPS) is 11.7. The van der Waals surface area contributed by atoms with Crippen molar-refractivity contribution in [3.8, 4) is 5.75 Å². The summed E-state index contributed by atoms with van der Waals surface area (Å²) in [5.41, 5.74) is 0.751. The average Bonchev–Trinajstić information content (AvgIpc) is 2.10. The second-order valence-electron chi connectivity index (χ2n) is 4.25. The number of ether oxygens (including phenoxy) is 1. The van der Waals surface area contributed by atoms with Crippen LogP contribution in [-0.2, 0) is 5.60 Å². The number of halogens is 1. The average molecular weight is 212 g/mol. The molecule has 0 aliphatic heterocycles. The van der Waals surface area contributed by atoms with Gasteiger partial charge in [0.1, 0.15) is 11.6 Å². The van der Waals surface area contributed by atoms with Crippen molar-refractivity contribution in [3.63, 3.8) is 0 Å². The molecule has 0 radical (unpaired) electrons. The number of rotatable bonds is 2. The molecule has 0 fully saturated rings. The predicted octanol–water partition coefficient (Wildman–Crippen LogP) is 2.68. The molecule has 0 saturated heterocycles. The van der Waals surface area contributed by atoms with Gasteiger partial charge in [-0.25, -0.2) is 4.39 Å². The lowest BCUT2D eigenvalue weighted by atomic mass is 9.91. The van der Waals surface area contributed by atoms with Crippen molar-refractivity contribution < 1.29 is 14.2 Å². The van der Waals surface area contributed by atoms with Crippen molar-refractivity contribution in [2.45, 2.75) is 33.3 Å². The first-order chi connectivity index (χ1) is 6.79. The third-order valence-electron chi connectivity index (χ3n) is 2.58. The first-order valence-corrected chi connectivity index (χ1v) is 4.85. The van der Waals surface area contributed by atoms with Gasteiger partial charge in [0.2, 0.25) is 0 Å². The van der Waals surface area contributed by atoms with Gasteiger partial charge in [-0.05, 0) is 44.9 Å². The van der Waals surface area contributed by atoms with E-state index in [1.165, 1.54) is 13.2 Å². The van der Waals surface area contributed by atoms with Crippen molar-refractivity contribution >= 4 is 0 Å². The lowest BCUT2D eigenvalue weighted by Crippen LogP contribution is -2.18. The van der Waals surface area contributed by atoms with E-state index in [-0.39, 0.29) is 5.82 Å². The van der Waals surface area contributed by atoms with Gasteiger partial charge in [-0.3, -0.25) is 0 Å². The van der Waals surface area contributed by atoms with Gasteiger partial charge >= 0.3 is 0 Å². The molecule has 0 amide bonds. The highest BCUT2D eigenvalue weighted by molar-refractivity contribution is 5.47. The fraction of sp³-hybridized carbons (Fsp3) is 0.500. The molecule has 0 spiro atoms. The molecule has 1 N–H and O–H groups in total. The molecule has 1 aromatic rings. The van der Waals surface area contributed by atoms with Gasteiger partial charge in [-0.1, -0.05) is 0 Å². The van der Waals surface area contributed by atoms with Crippen LogP contribution in [0.5, 0.6) is 5.75 Å². The quantitative estimate of drug-likeness (QED) is 0.816. The zero-order valence-electron chi connectivity index (χ0n) is 9.81. The Morgan fingerprint density at radius 2 is 1.80 bits per heavy atom. The van der Waals surface area contributed by atoms with E-state index in [0.29, 0.717) is 16.9 Å². The molecule has 84 valence electrons. The molecule has 1 rings (SSSR count). The third-order valence-corrected chi connectivity index (χ3v) is 2.58. The van der Waals surface area contributed by atoms with Gasteiger partial charge in [-0.15, -0.1) is 0 Å².